The van der Waals surface area contributed by atoms with Crippen LogP contribution in [0.3, 0.4) is 0 Å². The van der Waals surface area contributed by atoms with E-state index < -0.39 is 6.10 Å². The van der Waals surface area contributed by atoms with Gasteiger partial charge in [0.2, 0.25) is 0 Å². The Balaban J connectivity index is 2.38. The molecule has 0 bridgehead atoms. The molecule has 88 valence electrons. The van der Waals surface area contributed by atoms with E-state index in [2.05, 4.69) is 4.74 Å². The van der Waals surface area contributed by atoms with Crippen LogP contribution in [-0.4, -0.2) is 36.5 Å². The van der Waals surface area contributed by atoms with Gasteiger partial charge in [0.05, 0.1) is 31.8 Å². The summed E-state index contributed by atoms with van der Waals surface area (Å²) in [5.41, 5.74) is 0. The number of aliphatic hydroxyl groups excluding tert-OH is 1. The Hall–Kier alpha value is -0.610. The SMILES string of the molecule is COC(=O)CC(C)C(O)C1CCC(C)O1. The number of aliphatic hydroxyl groups is 1. The second-order valence-electron chi connectivity index (χ2n) is 4.31. The van der Waals surface area contributed by atoms with Gasteiger partial charge in [-0.1, -0.05) is 6.92 Å². The highest BCUT2D eigenvalue weighted by molar-refractivity contribution is 5.69. The summed E-state index contributed by atoms with van der Waals surface area (Å²) in [5, 5.41) is 9.95. The van der Waals surface area contributed by atoms with Gasteiger partial charge in [-0.25, -0.2) is 0 Å². The molecule has 0 aromatic carbocycles. The summed E-state index contributed by atoms with van der Waals surface area (Å²) in [5.74, 6) is -0.402. The standard InChI is InChI=1S/C11H20O4/c1-7(6-10(12)14-3)11(13)9-5-4-8(2)15-9/h7-9,11,13H,4-6H2,1-3H3. The Bertz CT molecular complexity index is 217. The molecule has 1 heterocycles. The van der Waals surface area contributed by atoms with Crippen molar-refractivity contribution in [3.05, 3.63) is 0 Å². The fourth-order valence-electron chi connectivity index (χ4n) is 1.92. The minimum atomic E-state index is -0.575. The monoisotopic (exact) mass is 216 g/mol. The van der Waals surface area contributed by atoms with Crippen molar-refractivity contribution in [3.63, 3.8) is 0 Å². The Morgan fingerprint density at radius 2 is 2.27 bits per heavy atom. The molecule has 1 N–H and O–H groups in total. The van der Waals surface area contributed by atoms with E-state index in [1.54, 1.807) is 0 Å². The zero-order valence-corrected chi connectivity index (χ0v) is 9.60. The first-order valence-corrected chi connectivity index (χ1v) is 5.45. The van der Waals surface area contributed by atoms with Crippen molar-refractivity contribution < 1.29 is 19.4 Å². The van der Waals surface area contributed by atoms with Gasteiger partial charge in [0.15, 0.2) is 0 Å². The van der Waals surface area contributed by atoms with Crippen molar-refractivity contribution in [2.75, 3.05) is 7.11 Å². The number of hydrogen-bond donors (Lipinski definition) is 1. The molecule has 1 aliphatic rings. The van der Waals surface area contributed by atoms with Crippen molar-refractivity contribution in [1.82, 2.24) is 0 Å². The molecule has 1 rings (SSSR count). The summed E-state index contributed by atoms with van der Waals surface area (Å²) in [4.78, 5) is 11.0. The Kier molecular flexibility index (Phi) is 4.54. The number of carbonyl (C=O) groups excluding carboxylic acids is 1. The van der Waals surface area contributed by atoms with Gasteiger partial charge in [-0.2, -0.15) is 0 Å². The van der Waals surface area contributed by atoms with E-state index in [1.165, 1.54) is 7.11 Å². The highest BCUT2D eigenvalue weighted by Crippen LogP contribution is 2.26. The molecular formula is C11H20O4. The highest BCUT2D eigenvalue weighted by atomic mass is 16.5. The average Bonchev–Trinajstić information content (AvgIpc) is 2.63. The van der Waals surface area contributed by atoms with Gasteiger partial charge >= 0.3 is 5.97 Å². The molecule has 1 fully saturated rings. The summed E-state index contributed by atoms with van der Waals surface area (Å²) in [6, 6.07) is 0. The van der Waals surface area contributed by atoms with E-state index in [0.717, 1.165) is 12.8 Å². The smallest absolute Gasteiger partial charge is 0.305 e. The molecule has 1 saturated heterocycles. The highest BCUT2D eigenvalue weighted by Gasteiger charge is 2.32. The summed E-state index contributed by atoms with van der Waals surface area (Å²) in [6.07, 6.45) is 1.61. The van der Waals surface area contributed by atoms with Gasteiger partial charge in [0.25, 0.3) is 0 Å². The summed E-state index contributed by atoms with van der Waals surface area (Å²) in [6.45, 7) is 3.84. The number of hydrogen-bond acceptors (Lipinski definition) is 4. The van der Waals surface area contributed by atoms with Gasteiger partial charge < -0.3 is 14.6 Å². The molecule has 4 heteroatoms. The number of methoxy groups -OCH3 is 1. The van der Waals surface area contributed by atoms with Crippen LogP contribution in [0.2, 0.25) is 0 Å². The number of rotatable bonds is 4. The summed E-state index contributed by atoms with van der Waals surface area (Å²) in [7, 11) is 1.36. The van der Waals surface area contributed by atoms with E-state index in [-0.39, 0.29) is 30.5 Å². The van der Waals surface area contributed by atoms with Crippen LogP contribution < -0.4 is 0 Å². The van der Waals surface area contributed by atoms with E-state index in [1.807, 2.05) is 13.8 Å². The lowest BCUT2D eigenvalue weighted by atomic mass is 9.95. The zero-order valence-electron chi connectivity index (χ0n) is 9.60. The minimum Gasteiger partial charge on any atom is -0.469 e. The van der Waals surface area contributed by atoms with Gasteiger partial charge in [0.1, 0.15) is 0 Å². The molecule has 4 nitrogen and oxygen atoms in total. The lowest BCUT2D eigenvalue weighted by molar-refractivity contribution is -0.143. The Morgan fingerprint density at radius 3 is 2.73 bits per heavy atom. The molecule has 4 unspecified atom stereocenters. The van der Waals surface area contributed by atoms with Crippen molar-refractivity contribution in [2.24, 2.45) is 5.92 Å². The maximum atomic E-state index is 11.0. The van der Waals surface area contributed by atoms with Gasteiger partial charge in [-0.3, -0.25) is 4.79 Å². The third-order valence-corrected chi connectivity index (χ3v) is 2.95. The van der Waals surface area contributed by atoms with Crippen molar-refractivity contribution in [3.8, 4) is 0 Å². The topological polar surface area (TPSA) is 55.8 Å². The number of carbonyl (C=O) groups is 1. The van der Waals surface area contributed by atoms with Crippen LogP contribution in [-0.2, 0) is 14.3 Å². The predicted octanol–water partition coefficient (Wildman–Crippen LogP) is 1.11. The van der Waals surface area contributed by atoms with Crippen LogP contribution in [0.5, 0.6) is 0 Å². The molecule has 0 aromatic rings. The number of esters is 1. The Labute approximate surface area is 90.6 Å². The first-order chi connectivity index (χ1) is 7.04. The third kappa shape index (κ3) is 3.47. The van der Waals surface area contributed by atoms with Crippen LogP contribution in [0.15, 0.2) is 0 Å². The van der Waals surface area contributed by atoms with Crippen molar-refractivity contribution in [2.45, 2.75) is 51.4 Å². The first kappa shape index (κ1) is 12.5. The molecule has 0 amide bonds. The van der Waals surface area contributed by atoms with E-state index in [0.29, 0.717) is 0 Å². The van der Waals surface area contributed by atoms with Crippen LogP contribution in [0, 0.1) is 5.92 Å². The Morgan fingerprint density at radius 1 is 1.60 bits per heavy atom. The van der Waals surface area contributed by atoms with Crippen molar-refractivity contribution >= 4 is 5.97 Å². The summed E-state index contributed by atoms with van der Waals surface area (Å²) >= 11 is 0. The molecule has 0 aromatic heterocycles. The van der Waals surface area contributed by atoms with Gasteiger partial charge in [-0.05, 0) is 25.7 Å². The second-order valence-corrected chi connectivity index (χ2v) is 4.31. The first-order valence-electron chi connectivity index (χ1n) is 5.45. The lowest BCUT2D eigenvalue weighted by Crippen LogP contribution is -2.33. The maximum absolute atomic E-state index is 11.0. The predicted molar refractivity (Wildman–Crippen MR) is 55.4 cm³/mol. The molecule has 0 aliphatic carbocycles. The fraction of sp³-hybridized carbons (Fsp3) is 0.909. The van der Waals surface area contributed by atoms with Crippen LogP contribution in [0.25, 0.3) is 0 Å². The molecule has 1 aliphatic heterocycles. The molecule has 0 spiro atoms. The van der Waals surface area contributed by atoms with Crippen LogP contribution in [0.4, 0.5) is 0 Å². The third-order valence-electron chi connectivity index (χ3n) is 2.95. The summed E-state index contributed by atoms with van der Waals surface area (Å²) < 4.78 is 10.1. The van der Waals surface area contributed by atoms with E-state index in [9.17, 15) is 9.90 Å². The maximum Gasteiger partial charge on any atom is 0.305 e. The molecule has 4 atom stereocenters. The van der Waals surface area contributed by atoms with Crippen molar-refractivity contribution in [1.29, 1.82) is 0 Å². The van der Waals surface area contributed by atoms with Gasteiger partial charge in [-0.15, -0.1) is 0 Å². The van der Waals surface area contributed by atoms with E-state index >= 15 is 0 Å². The normalized spacial score (nSPS) is 29.9. The minimum absolute atomic E-state index is 0.118. The van der Waals surface area contributed by atoms with Crippen LogP contribution >= 0.6 is 0 Å². The fourth-order valence-corrected chi connectivity index (χ4v) is 1.92. The molecule has 0 radical (unpaired) electrons. The quantitative estimate of drug-likeness (QED) is 0.715. The van der Waals surface area contributed by atoms with Crippen LogP contribution in [0.1, 0.15) is 33.1 Å². The molecule has 15 heavy (non-hydrogen) atoms. The van der Waals surface area contributed by atoms with E-state index in [4.69, 9.17) is 4.74 Å². The zero-order chi connectivity index (χ0) is 11.4. The lowest BCUT2D eigenvalue weighted by Gasteiger charge is -2.23. The molecular weight excluding hydrogens is 196 g/mol. The number of ether oxygens (including phenoxy) is 2. The van der Waals surface area contributed by atoms with Gasteiger partial charge in [0, 0.05) is 0 Å². The molecule has 0 saturated carbocycles. The second kappa shape index (κ2) is 5.47. The largest absolute Gasteiger partial charge is 0.469 e. The average molecular weight is 216 g/mol.